The molecule has 1 aliphatic heterocycles. The predicted molar refractivity (Wildman–Crippen MR) is 119 cm³/mol. The highest BCUT2D eigenvalue weighted by molar-refractivity contribution is 6.06. The van der Waals surface area contributed by atoms with Crippen molar-refractivity contribution < 1.29 is 9.59 Å². The number of amides is 2. The lowest BCUT2D eigenvalue weighted by atomic mass is 9.99. The van der Waals surface area contributed by atoms with E-state index in [-0.39, 0.29) is 11.8 Å². The van der Waals surface area contributed by atoms with Gasteiger partial charge in [-0.2, -0.15) is 0 Å². The lowest BCUT2D eigenvalue weighted by molar-refractivity contribution is 0.0953. The van der Waals surface area contributed by atoms with Crippen molar-refractivity contribution in [2.75, 3.05) is 29.9 Å². The summed E-state index contributed by atoms with van der Waals surface area (Å²) < 4.78 is 0. The molecule has 5 heteroatoms. The van der Waals surface area contributed by atoms with Gasteiger partial charge in [-0.3, -0.25) is 9.59 Å². The molecule has 2 aromatic carbocycles. The molecule has 2 aromatic rings. The average Bonchev–Trinajstić information content (AvgIpc) is 2.75. The summed E-state index contributed by atoms with van der Waals surface area (Å²) >= 11 is 0. The van der Waals surface area contributed by atoms with Gasteiger partial charge in [-0.05, 0) is 67.6 Å². The van der Waals surface area contributed by atoms with Gasteiger partial charge >= 0.3 is 0 Å². The third kappa shape index (κ3) is 5.83. The van der Waals surface area contributed by atoms with E-state index in [2.05, 4.69) is 41.5 Å². The van der Waals surface area contributed by atoms with Crippen LogP contribution in [0.5, 0.6) is 0 Å². The third-order valence-corrected chi connectivity index (χ3v) is 5.48. The number of rotatable bonds is 7. The highest BCUT2D eigenvalue weighted by Crippen LogP contribution is 2.24. The number of unbranched alkanes of at least 4 members (excludes halogenated alkanes) is 1. The number of anilines is 2. The summed E-state index contributed by atoms with van der Waals surface area (Å²) in [6.45, 7) is 7.20. The average molecular weight is 394 g/mol. The molecule has 29 heavy (non-hydrogen) atoms. The van der Waals surface area contributed by atoms with Crippen molar-refractivity contribution in [1.29, 1.82) is 0 Å². The summed E-state index contributed by atoms with van der Waals surface area (Å²) in [6.07, 6.45) is 4.42. The van der Waals surface area contributed by atoms with Gasteiger partial charge in [0.1, 0.15) is 0 Å². The minimum absolute atomic E-state index is 0.145. The highest BCUT2D eigenvalue weighted by atomic mass is 16.2. The van der Waals surface area contributed by atoms with E-state index in [1.807, 2.05) is 12.1 Å². The number of carbonyl (C=O) groups excluding carboxylic acids is 2. The molecule has 3 rings (SSSR count). The van der Waals surface area contributed by atoms with Gasteiger partial charge in [0, 0.05) is 42.1 Å². The quantitative estimate of drug-likeness (QED) is 0.670. The van der Waals surface area contributed by atoms with Crippen LogP contribution in [0.3, 0.4) is 0 Å². The molecule has 1 fully saturated rings. The summed E-state index contributed by atoms with van der Waals surface area (Å²) in [5, 5.41) is 5.81. The van der Waals surface area contributed by atoms with E-state index in [0.29, 0.717) is 17.7 Å². The second kappa shape index (κ2) is 10.1. The first-order valence-electron chi connectivity index (χ1n) is 10.6. The zero-order chi connectivity index (χ0) is 20.6. The topological polar surface area (TPSA) is 61.4 Å². The van der Waals surface area contributed by atoms with Gasteiger partial charge in [0.05, 0.1) is 0 Å². The van der Waals surface area contributed by atoms with Crippen molar-refractivity contribution in [1.82, 2.24) is 5.32 Å². The van der Waals surface area contributed by atoms with E-state index in [4.69, 9.17) is 0 Å². The second-order valence-corrected chi connectivity index (χ2v) is 7.86. The SMILES string of the molecule is CCCCNC(=O)c1cccc(C(=O)Nc2ccc(N3CCC(C)CC3)cc2)c1. The molecule has 0 aliphatic carbocycles. The molecule has 0 bridgehead atoms. The van der Waals surface area contributed by atoms with Crippen molar-refractivity contribution in [2.45, 2.75) is 39.5 Å². The van der Waals surface area contributed by atoms with Crippen LogP contribution in [0.25, 0.3) is 0 Å². The van der Waals surface area contributed by atoms with Crippen LogP contribution in [0.15, 0.2) is 48.5 Å². The largest absolute Gasteiger partial charge is 0.372 e. The number of nitrogens with one attached hydrogen (secondary N) is 2. The normalized spacial score (nSPS) is 14.5. The third-order valence-electron chi connectivity index (χ3n) is 5.48. The monoisotopic (exact) mass is 393 g/mol. The summed E-state index contributed by atoms with van der Waals surface area (Å²) in [5.41, 5.74) is 2.92. The minimum Gasteiger partial charge on any atom is -0.372 e. The smallest absolute Gasteiger partial charge is 0.255 e. The number of nitrogens with zero attached hydrogens (tertiary/aromatic N) is 1. The second-order valence-electron chi connectivity index (χ2n) is 7.86. The van der Waals surface area contributed by atoms with Crippen molar-refractivity contribution in [2.24, 2.45) is 5.92 Å². The Labute approximate surface area is 173 Å². The minimum atomic E-state index is -0.215. The maximum atomic E-state index is 12.6. The van der Waals surface area contributed by atoms with Gasteiger partial charge in [0.2, 0.25) is 0 Å². The molecular formula is C24H31N3O2. The molecule has 154 valence electrons. The van der Waals surface area contributed by atoms with Crippen LogP contribution in [0.2, 0.25) is 0 Å². The number of hydrogen-bond donors (Lipinski definition) is 2. The number of carbonyl (C=O) groups is 2. The van der Waals surface area contributed by atoms with Crippen molar-refractivity contribution in [3.05, 3.63) is 59.7 Å². The molecule has 1 saturated heterocycles. The molecule has 1 heterocycles. The molecule has 0 unspecified atom stereocenters. The molecule has 5 nitrogen and oxygen atoms in total. The predicted octanol–water partition coefficient (Wildman–Crippen LogP) is 4.71. The Balaban J connectivity index is 1.60. The van der Waals surface area contributed by atoms with Crippen molar-refractivity contribution >= 4 is 23.2 Å². The fourth-order valence-corrected chi connectivity index (χ4v) is 3.51. The fourth-order valence-electron chi connectivity index (χ4n) is 3.51. The van der Waals surface area contributed by atoms with E-state index in [9.17, 15) is 9.59 Å². The van der Waals surface area contributed by atoms with Gasteiger partial charge in [-0.25, -0.2) is 0 Å². The standard InChI is InChI=1S/C24H31N3O2/c1-3-4-14-25-23(28)19-6-5-7-20(17-19)24(29)26-21-8-10-22(11-9-21)27-15-12-18(2)13-16-27/h5-11,17-18H,3-4,12-16H2,1-2H3,(H,25,28)(H,26,29). The Morgan fingerprint density at radius 1 is 1.00 bits per heavy atom. The molecule has 2 amide bonds. The Bertz CT molecular complexity index is 824. The molecule has 0 spiro atoms. The van der Waals surface area contributed by atoms with Gasteiger partial charge in [-0.15, -0.1) is 0 Å². The van der Waals surface area contributed by atoms with Gasteiger partial charge in [0.15, 0.2) is 0 Å². The van der Waals surface area contributed by atoms with Crippen molar-refractivity contribution in [3.8, 4) is 0 Å². The van der Waals surface area contributed by atoms with Crippen LogP contribution in [-0.2, 0) is 0 Å². The van der Waals surface area contributed by atoms with E-state index in [0.717, 1.165) is 37.5 Å². The molecular weight excluding hydrogens is 362 g/mol. The van der Waals surface area contributed by atoms with Gasteiger partial charge < -0.3 is 15.5 Å². The van der Waals surface area contributed by atoms with Crippen LogP contribution >= 0.6 is 0 Å². The number of hydrogen-bond acceptors (Lipinski definition) is 3. The maximum absolute atomic E-state index is 12.6. The van der Waals surface area contributed by atoms with Crippen LogP contribution < -0.4 is 15.5 Å². The van der Waals surface area contributed by atoms with Gasteiger partial charge in [0.25, 0.3) is 11.8 Å². The Morgan fingerprint density at radius 2 is 1.66 bits per heavy atom. The van der Waals surface area contributed by atoms with E-state index >= 15 is 0 Å². The zero-order valence-corrected chi connectivity index (χ0v) is 17.4. The first-order chi connectivity index (χ1) is 14.1. The van der Waals surface area contributed by atoms with Crippen molar-refractivity contribution in [3.63, 3.8) is 0 Å². The fraction of sp³-hybridized carbons (Fsp3) is 0.417. The van der Waals surface area contributed by atoms with E-state index < -0.39 is 0 Å². The van der Waals surface area contributed by atoms with Gasteiger partial charge in [-0.1, -0.05) is 26.3 Å². The highest BCUT2D eigenvalue weighted by Gasteiger charge is 2.16. The summed E-state index contributed by atoms with van der Waals surface area (Å²) in [5.74, 6) is 0.440. The molecule has 1 aliphatic rings. The van der Waals surface area contributed by atoms with E-state index in [1.54, 1.807) is 24.3 Å². The zero-order valence-electron chi connectivity index (χ0n) is 17.4. The Morgan fingerprint density at radius 3 is 2.31 bits per heavy atom. The number of benzene rings is 2. The van der Waals surface area contributed by atoms with Crippen LogP contribution in [0, 0.1) is 5.92 Å². The van der Waals surface area contributed by atoms with Crippen LogP contribution in [0.4, 0.5) is 11.4 Å². The summed E-state index contributed by atoms with van der Waals surface area (Å²) in [6, 6.07) is 14.8. The molecule has 0 aromatic heterocycles. The lowest BCUT2D eigenvalue weighted by Gasteiger charge is -2.32. The van der Waals surface area contributed by atoms with E-state index in [1.165, 1.54) is 18.5 Å². The van der Waals surface area contributed by atoms with Crippen LogP contribution in [-0.4, -0.2) is 31.4 Å². The molecule has 0 saturated carbocycles. The first kappa shape index (κ1) is 20.9. The van der Waals surface area contributed by atoms with Crippen LogP contribution in [0.1, 0.15) is 60.2 Å². The maximum Gasteiger partial charge on any atom is 0.255 e. The summed E-state index contributed by atoms with van der Waals surface area (Å²) in [4.78, 5) is 27.2. The molecule has 0 radical (unpaired) electrons. The lowest BCUT2D eigenvalue weighted by Crippen LogP contribution is -2.32. The number of piperidine rings is 1. The summed E-state index contributed by atoms with van der Waals surface area (Å²) in [7, 11) is 0. The molecule has 2 N–H and O–H groups in total. The Kier molecular flexibility index (Phi) is 7.28. The Hall–Kier alpha value is -2.82. The first-order valence-corrected chi connectivity index (χ1v) is 10.6. The molecule has 0 atom stereocenters.